The largest absolute Gasteiger partial charge is 0.507 e. The minimum atomic E-state index is -0.152. The number of benzene rings is 1. The summed E-state index contributed by atoms with van der Waals surface area (Å²) in [6, 6.07) is 4.14. The highest BCUT2D eigenvalue weighted by Crippen LogP contribution is 2.40. The van der Waals surface area contributed by atoms with Crippen LogP contribution in [0.3, 0.4) is 0 Å². The van der Waals surface area contributed by atoms with E-state index in [1.54, 1.807) is 0 Å². The fourth-order valence-electron chi connectivity index (χ4n) is 3.30. The molecule has 1 saturated heterocycles. The quantitative estimate of drug-likeness (QED) is 0.837. The number of nitrogens with zero attached hydrogens (tertiary/aromatic N) is 1. The first-order valence-corrected chi connectivity index (χ1v) is 9.11. The van der Waals surface area contributed by atoms with Crippen LogP contribution in [-0.4, -0.2) is 28.4 Å². The molecule has 0 aliphatic carbocycles. The van der Waals surface area contributed by atoms with Crippen LogP contribution in [0.2, 0.25) is 0 Å². The second-order valence-corrected chi connectivity index (χ2v) is 9.08. The van der Waals surface area contributed by atoms with Gasteiger partial charge >= 0.3 is 0 Å². The Morgan fingerprint density at radius 2 is 1.36 bits per heavy atom. The average Bonchev–Trinajstić information content (AvgIpc) is 2.78. The highest BCUT2D eigenvalue weighted by atomic mass is 16.3. The summed E-state index contributed by atoms with van der Waals surface area (Å²) in [5, 5.41) is 10.8. The van der Waals surface area contributed by atoms with E-state index in [4.69, 9.17) is 0 Å². The molecular formula is C21H31NO3. The molecule has 0 atom stereocenters. The van der Waals surface area contributed by atoms with Gasteiger partial charge in [-0.15, -0.1) is 0 Å². The van der Waals surface area contributed by atoms with Crippen molar-refractivity contribution in [3.05, 3.63) is 28.8 Å². The number of hydrogen-bond acceptors (Lipinski definition) is 3. The number of likely N-dealkylation sites (tertiary alicyclic amines) is 1. The Morgan fingerprint density at radius 1 is 0.920 bits per heavy atom. The smallest absolute Gasteiger partial charge is 0.229 e. The number of aromatic hydroxyl groups is 1. The molecular weight excluding hydrogens is 314 g/mol. The minimum absolute atomic E-state index is 0.0542. The lowest BCUT2D eigenvalue weighted by Crippen LogP contribution is -2.30. The number of carbonyl (C=O) groups excluding carboxylic acids is 2. The van der Waals surface area contributed by atoms with Crippen LogP contribution in [-0.2, 0) is 26.8 Å². The van der Waals surface area contributed by atoms with E-state index in [0.29, 0.717) is 25.1 Å². The number of imide groups is 1. The average molecular weight is 345 g/mol. The molecule has 2 amide bonds. The summed E-state index contributed by atoms with van der Waals surface area (Å²) < 4.78 is 0. The van der Waals surface area contributed by atoms with Gasteiger partial charge in [0.05, 0.1) is 0 Å². The first-order chi connectivity index (χ1) is 11.4. The van der Waals surface area contributed by atoms with Crippen molar-refractivity contribution in [2.45, 2.75) is 78.1 Å². The Hall–Kier alpha value is -1.84. The van der Waals surface area contributed by atoms with Gasteiger partial charge in [-0.05, 0) is 40.4 Å². The van der Waals surface area contributed by atoms with Crippen LogP contribution < -0.4 is 0 Å². The monoisotopic (exact) mass is 345 g/mol. The van der Waals surface area contributed by atoms with Crippen LogP contribution in [0, 0.1) is 0 Å². The van der Waals surface area contributed by atoms with Crippen molar-refractivity contribution in [2.24, 2.45) is 0 Å². The van der Waals surface area contributed by atoms with E-state index >= 15 is 0 Å². The highest BCUT2D eigenvalue weighted by Gasteiger charge is 2.29. The van der Waals surface area contributed by atoms with Gasteiger partial charge in [0, 0.05) is 19.4 Å². The molecule has 1 aromatic carbocycles. The molecule has 1 N–H and O–H groups in total. The molecule has 0 saturated carbocycles. The van der Waals surface area contributed by atoms with Gasteiger partial charge in [0.2, 0.25) is 11.8 Å². The van der Waals surface area contributed by atoms with Crippen LogP contribution in [0.5, 0.6) is 5.75 Å². The molecule has 0 spiro atoms. The molecule has 1 aliphatic rings. The van der Waals surface area contributed by atoms with Gasteiger partial charge in [-0.1, -0.05) is 53.7 Å². The lowest BCUT2D eigenvalue weighted by molar-refractivity contribution is -0.138. The van der Waals surface area contributed by atoms with Crippen LogP contribution in [0.15, 0.2) is 12.1 Å². The maximum Gasteiger partial charge on any atom is 0.229 e. The fraction of sp³-hybridized carbons (Fsp3) is 0.619. The van der Waals surface area contributed by atoms with Gasteiger partial charge < -0.3 is 5.11 Å². The van der Waals surface area contributed by atoms with Crippen molar-refractivity contribution in [2.75, 3.05) is 6.54 Å². The van der Waals surface area contributed by atoms with E-state index in [-0.39, 0.29) is 22.6 Å². The lowest BCUT2D eigenvalue weighted by atomic mass is 9.78. The van der Waals surface area contributed by atoms with Crippen molar-refractivity contribution < 1.29 is 14.7 Å². The van der Waals surface area contributed by atoms with Crippen LogP contribution in [0.25, 0.3) is 0 Å². The van der Waals surface area contributed by atoms with Gasteiger partial charge in [0.25, 0.3) is 0 Å². The van der Waals surface area contributed by atoms with Crippen LogP contribution >= 0.6 is 0 Å². The Morgan fingerprint density at radius 3 is 1.76 bits per heavy atom. The van der Waals surface area contributed by atoms with E-state index in [0.717, 1.165) is 29.5 Å². The van der Waals surface area contributed by atoms with Gasteiger partial charge in [-0.3, -0.25) is 14.5 Å². The zero-order valence-electron chi connectivity index (χ0n) is 16.4. The van der Waals surface area contributed by atoms with Crippen molar-refractivity contribution in [3.63, 3.8) is 0 Å². The topological polar surface area (TPSA) is 57.6 Å². The molecule has 1 aliphatic heterocycles. The minimum Gasteiger partial charge on any atom is -0.507 e. The molecule has 1 aromatic rings. The maximum atomic E-state index is 11.7. The van der Waals surface area contributed by atoms with Crippen molar-refractivity contribution >= 4 is 11.8 Å². The zero-order valence-corrected chi connectivity index (χ0v) is 16.4. The summed E-state index contributed by atoms with van der Waals surface area (Å²) in [6.45, 7) is 13.1. The number of hydrogen-bond donors (Lipinski definition) is 1. The standard InChI is InChI=1S/C21H31NO3/c1-20(2,3)15-12-14(13-16(19(15)25)21(4,5)6)8-7-11-22-17(23)9-10-18(22)24/h12-13,25H,7-11H2,1-6H3. The predicted octanol–water partition coefficient (Wildman–Crippen LogP) is 4.07. The Labute approximate surface area is 151 Å². The zero-order chi connectivity index (χ0) is 19.0. The number of amides is 2. The number of phenolic OH excluding ortho intramolecular Hbond substituents is 1. The van der Waals surface area contributed by atoms with E-state index in [1.165, 1.54) is 4.90 Å². The normalized spacial score (nSPS) is 16.0. The number of rotatable bonds is 4. The second kappa shape index (κ2) is 6.81. The third kappa shape index (κ3) is 4.42. The van der Waals surface area contributed by atoms with E-state index in [9.17, 15) is 14.7 Å². The third-order valence-electron chi connectivity index (χ3n) is 4.79. The first-order valence-electron chi connectivity index (χ1n) is 9.11. The molecule has 4 nitrogen and oxygen atoms in total. The van der Waals surface area contributed by atoms with E-state index in [1.807, 2.05) is 0 Å². The van der Waals surface area contributed by atoms with Gasteiger partial charge in [0.15, 0.2) is 0 Å². The molecule has 1 heterocycles. The van der Waals surface area contributed by atoms with Gasteiger partial charge in [0.1, 0.15) is 5.75 Å². The number of carbonyl (C=O) groups is 2. The van der Waals surface area contributed by atoms with E-state index in [2.05, 4.69) is 53.7 Å². The van der Waals surface area contributed by atoms with Crippen LogP contribution in [0.1, 0.15) is 77.5 Å². The summed E-state index contributed by atoms with van der Waals surface area (Å²) in [6.07, 6.45) is 2.22. The Balaban J connectivity index is 2.23. The molecule has 1 fully saturated rings. The van der Waals surface area contributed by atoms with Gasteiger partial charge in [-0.2, -0.15) is 0 Å². The molecule has 25 heavy (non-hydrogen) atoms. The molecule has 2 rings (SSSR count). The third-order valence-corrected chi connectivity index (χ3v) is 4.79. The summed E-state index contributed by atoms with van der Waals surface area (Å²) in [7, 11) is 0. The summed E-state index contributed by atoms with van der Waals surface area (Å²) >= 11 is 0. The molecule has 0 radical (unpaired) electrons. The second-order valence-electron chi connectivity index (χ2n) is 9.08. The highest BCUT2D eigenvalue weighted by molar-refractivity contribution is 6.01. The molecule has 0 unspecified atom stereocenters. The lowest BCUT2D eigenvalue weighted by Gasteiger charge is -2.28. The summed E-state index contributed by atoms with van der Waals surface area (Å²) in [4.78, 5) is 24.8. The summed E-state index contributed by atoms with van der Waals surface area (Å²) in [5.41, 5.74) is 2.74. The van der Waals surface area contributed by atoms with E-state index < -0.39 is 0 Å². The maximum absolute atomic E-state index is 11.7. The van der Waals surface area contributed by atoms with Crippen molar-refractivity contribution in [1.29, 1.82) is 0 Å². The SMILES string of the molecule is CC(C)(C)c1cc(CCCN2C(=O)CCC2=O)cc(C(C)(C)C)c1O. The fourth-order valence-corrected chi connectivity index (χ4v) is 3.30. The Bertz CT molecular complexity index is 626. The number of phenols is 1. The Kier molecular flexibility index (Phi) is 5.31. The molecule has 0 aromatic heterocycles. The first kappa shape index (κ1) is 19.5. The summed E-state index contributed by atoms with van der Waals surface area (Å²) in [5.74, 6) is 0.275. The van der Waals surface area contributed by atoms with Gasteiger partial charge in [-0.25, -0.2) is 0 Å². The number of aryl methyl sites for hydroxylation is 1. The molecule has 0 bridgehead atoms. The molecule has 138 valence electrons. The van der Waals surface area contributed by atoms with Crippen LogP contribution in [0.4, 0.5) is 0 Å². The molecule has 4 heteroatoms. The van der Waals surface area contributed by atoms with Crippen molar-refractivity contribution in [3.8, 4) is 5.75 Å². The van der Waals surface area contributed by atoms with Crippen molar-refractivity contribution in [1.82, 2.24) is 4.90 Å². The predicted molar refractivity (Wildman–Crippen MR) is 99.8 cm³/mol.